The summed E-state index contributed by atoms with van der Waals surface area (Å²) in [7, 11) is -4.17. The van der Waals surface area contributed by atoms with E-state index in [9.17, 15) is 13.2 Å². The third kappa shape index (κ3) is 3.29. The molecule has 7 nitrogen and oxygen atoms in total. The molecule has 112 valence electrons. The minimum absolute atomic E-state index is 0.0778. The second kappa shape index (κ2) is 5.55. The third-order valence-corrected chi connectivity index (χ3v) is 4.50. The minimum Gasteiger partial charge on any atom is -0.478 e. The van der Waals surface area contributed by atoms with Crippen molar-refractivity contribution in [2.75, 3.05) is 4.72 Å². The highest BCUT2D eigenvalue weighted by Gasteiger charge is 2.25. The molecule has 2 rings (SSSR count). The number of carbonyl (C=O) groups is 1. The molecule has 21 heavy (non-hydrogen) atoms. The Morgan fingerprint density at radius 2 is 2.00 bits per heavy atom. The van der Waals surface area contributed by atoms with Gasteiger partial charge in [-0.1, -0.05) is 28.4 Å². The normalized spacial score (nSPS) is 11.4. The molecule has 0 saturated heterocycles. The monoisotopic (exact) mass is 350 g/mol. The average molecular weight is 351 g/mol. The lowest BCUT2D eigenvalue weighted by atomic mass is 10.2. The van der Waals surface area contributed by atoms with Crippen molar-refractivity contribution in [3.63, 3.8) is 0 Å². The highest BCUT2D eigenvalue weighted by molar-refractivity contribution is 7.92. The Labute approximate surface area is 129 Å². The lowest BCUT2D eigenvalue weighted by Crippen LogP contribution is -2.14. The molecule has 0 bridgehead atoms. The lowest BCUT2D eigenvalue weighted by Gasteiger charge is -2.09. The first-order valence-electron chi connectivity index (χ1n) is 5.39. The van der Waals surface area contributed by atoms with Crippen LogP contribution in [0, 0.1) is 6.92 Å². The summed E-state index contributed by atoms with van der Waals surface area (Å²) < 4.78 is 31.3. The van der Waals surface area contributed by atoms with Gasteiger partial charge in [0.05, 0.1) is 16.3 Å². The highest BCUT2D eigenvalue weighted by Crippen LogP contribution is 2.30. The molecule has 0 aliphatic rings. The molecule has 2 aromatic rings. The van der Waals surface area contributed by atoms with Gasteiger partial charge in [-0.3, -0.25) is 0 Å². The summed E-state index contributed by atoms with van der Waals surface area (Å²) in [6.45, 7) is 1.61. The van der Waals surface area contributed by atoms with E-state index in [-0.39, 0.29) is 10.9 Å². The predicted octanol–water partition coefficient (Wildman–Crippen LogP) is 2.79. The number of sulfonamides is 1. The van der Waals surface area contributed by atoms with Gasteiger partial charge in [-0.25, -0.2) is 17.9 Å². The second-order valence-electron chi connectivity index (χ2n) is 4.01. The zero-order valence-corrected chi connectivity index (χ0v) is 12.8. The number of carboxylic acid groups (broad SMARTS) is 1. The van der Waals surface area contributed by atoms with Crippen LogP contribution in [0.4, 0.5) is 5.88 Å². The predicted molar refractivity (Wildman–Crippen MR) is 75.5 cm³/mol. The van der Waals surface area contributed by atoms with Gasteiger partial charge in [-0.15, -0.1) is 0 Å². The van der Waals surface area contributed by atoms with Gasteiger partial charge in [0.15, 0.2) is 0 Å². The fraction of sp³-hybridized carbons (Fsp3) is 0.0909. The van der Waals surface area contributed by atoms with Gasteiger partial charge < -0.3 is 9.63 Å². The molecule has 1 aromatic heterocycles. The molecule has 0 aliphatic heterocycles. The molecule has 0 atom stereocenters. The molecule has 0 fully saturated rings. The first-order valence-corrected chi connectivity index (χ1v) is 7.63. The van der Waals surface area contributed by atoms with Crippen LogP contribution in [0.2, 0.25) is 10.0 Å². The summed E-state index contributed by atoms with van der Waals surface area (Å²) >= 11 is 11.6. The Morgan fingerprint density at radius 1 is 1.33 bits per heavy atom. The number of halogens is 2. The maximum Gasteiger partial charge on any atom is 0.337 e. The number of benzene rings is 1. The summed E-state index contributed by atoms with van der Waals surface area (Å²) in [5, 5.41) is 12.0. The van der Waals surface area contributed by atoms with E-state index in [1.807, 2.05) is 0 Å². The molecule has 10 heteroatoms. The van der Waals surface area contributed by atoms with Crippen molar-refractivity contribution in [3.8, 4) is 0 Å². The van der Waals surface area contributed by atoms with E-state index in [0.717, 1.165) is 12.1 Å². The van der Waals surface area contributed by atoms with Gasteiger partial charge >= 0.3 is 5.97 Å². The first-order chi connectivity index (χ1) is 9.70. The number of rotatable bonds is 4. The van der Waals surface area contributed by atoms with Crippen LogP contribution in [0.3, 0.4) is 0 Å². The number of aryl methyl sites for hydroxylation is 1. The summed E-state index contributed by atoms with van der Waals surface area (Å²) in [5.74, 6) is -1.52. The van der Waals surface area contributed by atoms with Crippen molar-refractivity contribution in [2.24, 2.45) is 0 Å². The fourth-order valence-corrected chi connectivity index (χ4v) is 3.39. The zero-order chi connectivity index (χ0) is 15.8. The zero-order valence-electron chi connectivity index (χ0n) is 10.4. The SMILES string of the molecule is Cc1cc(NS(=O)(=O)c2cc(Cl)cc(C(=O)O)c2Cl)on1. The summed E-state index contributed by atoms with van der Waals surface area (Å²) in [6.07, 6.45) is 0. The van der Waals surface area contributed by atoms with Crippen molar-refractivity contribution < 1.29 is 22.8 Å². The highest BCUT2D eigenvalue weighted by atomic mass is 35.5. The molecule has 0 spiro atoms. The minimum atomic E-state index is -4.17. The van der Waals surface area contributed by atoms with Crippen molar-refractivity contribution in [1.29, 1.82) is 0 Å². The van der Waals surface area contributed by atoms with Crippen molar-refractivity contribution >= 4 is 45.1 Å². The number of nitrogens with zero attached hydrogens (tertiary/aromatic N) is 1. The van der Waals surface area contributed by atoms with Gasteiger partial charge in [0.25, 0.3) is 10.0 Å². The largest absolute Gasteiger partial charge is 0.478 e. The quantitative estimate of drug-likeness (QED) is 0.877. The Hall–Kier alpha value is -1.77. The van der Waals surface area contributed by atoms with Gasteiger partial charge in [0.2, 0.25) is 5.88 Å². The molecular formula is C11H8Cl2N2O5S. The number of aromatic nitrogens is 1. The summed E-state index contributed by atoms with van der Waals surface area (Å²) in [5.41, 5.74) is 0.0504. The van der Waals surface area contributed by atoms with Crippen LogP contribution in [0.5, 0.6) is 0 Å². The average Bonchev–Trinajstić information content (AvgIpc) is 2.76. The van der Waals surface area contributed by atoms with Gasteiger partial charge in [-0.2, -0.15) is 0 Å². The third-order valence-electron chi connectivity index (χ3n) is 2.39. The van der Waals surface area contributed by atoms with Crippen LogP contribution in [-0.4, -0.2) is 24.7 Å². The van der Waals surface area contributed by atoms with Crippen molar-refractivity contribution in [3.05, 3.63) is 39.5 Å². The first kappa shape index (κ1) is 15.6. The number of aromatic carboxylic acids is 1. The maximum absolute atomic E-state index is 12.2. The van der Waals surface area contributed by atoms with E-state index in [1.54, 1.807) is 6.92 Å². The summed E-state index contributed by atoms with van der Waals surface area (Å²) in [6, 6.07) is 3.46. The Bertz CT molecular complexity index is 816. The van der Waals surface area contributed by atoms with E-state index in [1.165, 1.54) is 6.07 Å². The molecule has 1 heterocycles. The molecule has 0 unspecified atom stereocenters. The molecule has 0 radical (unpaired) electrons. The molecular weight excluding hydrogens is 343 g/mol. The number of anilines is 1. The molecule has 0 aliphatic carbocycles. The lowest BCUT2D eigenvalue weighted by molar-refractivity contribution is 0.0697. The number of hydrogen-bond donors (Lipinski definition) is 2. The fourth-order valence-electron chi connectivity index (χ4n) is 1.51. The molecule has 0 amide bonds. The van der Waals surface area contributed by atoms with Crippen molar-refractivity contribution in [1.82, 2.24) is 5.16 Å². The Balaban J connectivity index is 2.52. The molecule has 0 saturated carbocycles. The molecule has 2 N–H and O–H groups in total. The van der Waals surface area contributed by atoms with Crippen molar-refractivity contribution in [2.45, 2.75) is 11.8 Å². The Morgan fingerprint density at radius 3 is 2.52 bits per heavy atom. The number of hydrogen-bond acceptors (Lipinski definition) is 5. The number of nitrogens with one attached hydrogen (secondary N) is 1. The van der Waals surface area contributed by atoms with Crippen LogP contribution >= 0.6 is 23.2 Å². The number of carboxylic acids is 1. The van der Waals surface area contributed by atoms with Crippen LogP contribution in [0.15, 0.2) is 27.6 Å². The maximum atomic E-state index is 12.2. The smallest absolute Gasteiger partial charge is 0.337 e. The van der Waals surface area contributed by atoms with Gasteiger partial charge in [-0.05, 0) is 19.1 Å². The van der Waals surface area contributed by atoms with Gasteiger partial charge in [0.1, 0.15) is 4.90 Å². The van der Waals surface area contributed by atoms with Crippen LogP contribution < -0.4 is 4.72 Å². The van der Waals surface area contributed by atoms with E-state index in [2.05, 4.69) is 9.88 Å². The Kier molecular flexibility index (Phi) is 4.13. The van der Waals surface area contributed by atoms with E-state index in [4.69, 9.17) is 32.8 Å². The standard InChI is InChI=1S/C11H8Cl2N2O5S/c1-5-2-9(20-14-5)15-21(18,19)8-4-6(12)3-7(10(8)13)11(16)17/h2-4,15H,1H3,(H,16,17). The van der Waals surface area contributed by atoms with Crippen LogP contribution in [-0.2, 0) is 10.0 Å². The van der Waals surface area contributed by atoms with Crippen LogP contribution in [0.1, 0.15) is 16.1 Å². The van der Waals surface area contributed by atoms with E-state index in [0.29, 0.717) is 5.69 Å². The van der Waals surface area contributed by atoms with Crippen LogP contribution in [0.25, 0.3) is 0 Å². The van der Waals surface area contributed by atoms with E-state index >= 15 is 0 Å². The van der Waals surface area contributed by atoms with Gasteiger partial charge in [0, 0.05) is 11.1 Å². The topological polar surface area (TPSA) is 110 Å². The van der Waals surface area contributed by atoms with E-state index < -0.39 is 31.5 Å². The molecule has 1 aromatic carbocycles. The second-order valence-corrected chi connectivity index (χ2v) is 6.47. The summed E-state index contributed by atoms with van der Waals surface area (Å²) in [4.78, 5) is 10.6.